The zero-order valence-corrected chi connectivity index (χ0v) is 13.7. The van der Waals surface area contributed by atoms with Crippen LogP contribution in [0.25, 0.3) is 10.9 Å². The van der Waals surface area contributed by atoms with Crippen LogP contribution in [0.4, 0.5) is 0 Å². The van der Waals surface area contributed by atoms with Crippen LogP contribution >= 0.6 is 22.6 Å². The zero-order chi connectivity index (χ0) is 13.8. The molecule has 0 unspecified atom stereocenters. The number of halogens is 1. The first-order valence-corrected chi connectivity index (χ1v) is 7.50. The molecule has 1 aromatic carbocycles. The molecule has 19 heavy (non-hydrogen) atoms. The molecule has 1 fully saturated rings. The molecule has 100 valence electrons. The Kier molecular flexibility index (Phi) is 3.00. The highest BCUT2D eigenvalue weighted by Gasteiger charge is 2.52. The lowest BCUT2D eigenvalue weighted by Crippen LogP contribution is -2.41. The number of H-pyrrole nitrogens is 1. The first kappa shape index (κ1) is 13.5. The maximum absolute atomic E-state index is 6.14. The van der Waals surface area contributed by atoms with Gasteiger partial charge in [-0.3, -0.25) is 0 Å². The van der Waals surface area contributed by atoms with Gasteiger partial charge in [0.05, 0.1) is 11.2 Å². The van der Waals surface area contributed by atoms with Crippen molar-refractivity contribution in [1.29, 1.82) is 0 Å². The predicted molar refractivity (Wildman–Crippen MR) is 86.7 cm³/mol. The van der Waals surface area contributed by atoms with Crippen LogP contribution in [-0.2, 0) is 9.31 Å². The van der Waals surface area contributed by atoms with Crippen LogP contribution < -0.4 is 5.46 Å². The topological polar surface area (TPSA) is 34.2 Å². The maximum Gasteiger partial charge on any atom is 0.497 e. The van der Waals surface area contributed by atoms with Crippen molar-refractivity contribution in [2.75, 3.05) is 0 Å². The number of aromatic amines is 1. The average Bonchev–Trinajstić information content (AvgIpc) is 2.80. The van der Waals surface area contributed by atoms with E-state index in [0.717, 1.165) is 11.0 Å². The molecule has 5 heteroatoms. The van der Waals surface area contributed by atoms with Gasteiger partial charge in [0.25, 0.3) is 0 Å². The molecule has 3 rings (SSSR count). The molecule has 2 aromatic rings. The summed E-state index contributed by atoms with van der Waals surface area (Å²) in [6, 6.07) is 6.36. The lowest BCUT2D eigenvalue weighted by molar-refractivity contribution is 0.00578. The Hall–Kier alpha value is -0.525. The average molecular weight is 369 g/mol. The highest BCUT2D eigenvalue weighted by Crippen LogP contribution is 2.37. The molecule has 0 aliphatic carbocycles. The van der Waals surface area contributed by atoms with Crippen molar-refractivity contribution in [3.05, 3.63) is 28.0 Å². The van der Waals surface area contributed by atoms with Gasteiger partial charge in [-0.25, -0.2) is 0 Å². The van der Waals surface area contributed by atoms with E-state index >= 15 is 0 Å². The summed E-state index contributed by atoms with van der Waals surface area (Å²) in [5.41, 5.74) is 1.56. The molecule has 0 amide bonds. The van der Waals surface area contributed by atoms with Gasteiger partial charge in [-0.05, 0) is 68.5 Å². The fourth-order valence-corrected chi connectivity index (χ4v) is 2.99. The quantitative estimate of drug-likeness (QED) is 0.620. The highest BCUT2D eigenvalue weighted by molar-refractivity contribution is 14.1. The van der Waals surface area contributed by atoms with Gasteiger partial charge in [0.2, 0.25) is 0 Å². The van der Waals surface area contributed by atoms with Gasteiger partial charge in [-0.15, -0.1) is 0 Å². The third-order valence-corrected chi connectivity index (χ3v) is 4.78. The van der Waals surface area contributed by atoms with Crippen molar-refractivity contribution >= 4 is 46.1 Å². The molecule has 1 aromatic heterocycles. The number of hydrogen-bond donors (Lipinski definition) is 1. The molecule has 0 saturated carbocycles. The van der Waals surface area contributed by atoms with E-state index in [9.17, 15) is 0 Å². The van der Waals surface area contributed by atoms with E-state index in [-0.39, 0.29) is 18.3 Å². The standard InChI is InChI=1S/C14H17BINO2/c1-13(2)14(3,4)19-15(18-13)11-8-10(16)7-9-5-6-17-12(9)11/h5-8,17H,1-4H3. The Morgan fingerprint density at radius 2 is 1.74 bits per heavy atom. The van der Waals surface area contributed by atoms with Crippen molar-refractivity contribution < 1.29 is 9.31 Å². The fourth-order valence-electron chi connectivity index (χ4n) is 2.32. The van der Waals surface area contributed by atoms with Crippen LogP contribution in [0.3, 0.4) is 0 Å². The summed E-state index contributed by atoms with van der Waals surface area (Å²) in [6.45, 7) is 8.30. The van der Waals surface area contributed by atoms with Crippen molar-refractivity contribution in [2.45, 2.75) is 38.9 Å². The second-order valence-electron chi connectivity index (χ2n) is 6.03. The monoisotopic (exact) mass is 369 g/mol. The zero-order valence-electron chi connectivity index (χ0n) is 11.6. The molecule has 1 aliphatic heterocycles. The van der Waals surface area contributed by atoms with Gasteiger partial charge < -0.3 is 14.3 Å². The summed E-state index contributed by atoms with van der Waals surface area (Å²) >= 11 is 2.33. The lowest BCUT2D eigenvalue weighted by Gasteiger charge is -2.32. The number of hydrogen-bond acceptors (Lipinski definition) is 2. The van der Waals surface area contributed by atoms with Gasteiger partial charge in [0, 0.05) is 26.1 Å². The van der Waals surface area contributed by atoms with Crippen molar-refractivity contribution in [2.24, 2.45) is 0 Å². The molecule has 0 radical (unpaired) electrons. The molecular weight excluding hydrogens is 352 g/mol. The van der Waals surface area contributed by atoms with Gasteiger partial charge in [0.1, 0.15) is 0 Å². The summed E-state index contributed by atoms with van der Waals surface area (Å²) in [7, 11) is -0.319. The molecule has 1 saturated heterocycles. The summed E-state index contributed by atoms with van der Waals surface area (Å²) in [4.78, 5) is 3.28. The van der Waals surface area contributed by atoms with E-state index in [2.05, 4.69) is 73.5 Å². The molecule has 1 aliphatic rings. The Bertz CT molecular complexity index is 619. The van der Waals surface area contributed by atoms with Crippen molar-refractivity contribution in [3.8, 4) is 0 Å². The Balaban J connectivity index is 2.09. The van der Waals surface area contributed by atoms with E-state index in [4.69, 9.17) is 9.31 Å². The maximum atomic E-state index is 6.14. The van der Waals surface area contributed by atoms with Gasteiger partial charge in [-0.2, -0.15) is 0 Å². The van der Waals surface area contributed by atoms with E-state index in [0.29, 0.717) is 0 Å². The molecule has 0 spiro atoms. The number of fused-ring (bicyclic) bond motifs is 1. The molecule has 1 N–H and O–H groups in total. The van der Waals surface area contributed by atoms with Gasteiger partial charge in [-0.1, -0.05) is 0 Å². The smallest absolute Gasteiger partial charge is 0.399 e. The Labute approximate surface area is 127 Å². The van der Waals surface area contributed by atoms with Crippen molar-refractivity contribution in [3.63, 3.8) is 0 Å². The summed E-state index contributed by atoms with van der Waals surface area (Å²) < 4.78 is 13.5. The van der Waals surface area contributed by atoms with E-state index < -0.39 is 0 Å². The van der Waals surface area contributed by atoms with Gasteiger partial charge in [0.15, 0.2) is 0 Å². The van der Waals surface area contributed by atoms with Crippen LogP contribution in [-0.4, -0.2) is 23.3 Å². The number of benzene rings is 1. The minimum Gasteiger partial charge on any atom is -0.399 e. The fraction of sp³-hybridized carbons (Fsp3) is 0.429. The Morgan fingerprint density at radius 1 is 1.11 bits per heavy atom. The molecular formula is C14H17BINO2. The number of aromatic nitrogens is 1. The molecule has 3 nitrogen and oxygen atoms in total. The third-order valence-electron chi connectivity index (χ3n) is 4.16. The summed E-state index contributed by atoms with van der Waals surface area (Å²) in [5, 5.41) is 1.19. The number of rotatable bonds is 1. The van der Waals surface area contributed by atoms with Crippen LogP contribution in [0.5, 0.6) is 0 Å². The molecule has 2 heterocycles. The van der Waals surface area contributed by atoms with E-state index in [1.165, 1.54) is 8.96 Å². The minimum atomic E-state index is -0.319. The van der Waals surface area contributed by atoms with Gasteiger partial charge >= 0.3 is 7.12 Å². The number of nitrogens with one attached hydrogen (secondary N) is 1. The van der Waals surface area contributed by atoms with E-state index in [1.54, 1.807) is 0 Å². The summed E-state index contributed by atoms with van der Waals surface area (Å²) in [5.74, 6) is 0. The van der Waals surface area contributed by atoms with Crippen LogP contribution in [0, 0.1) is 3.57 Å². The lowest BCUT2D eigenvalue weighted by atomic mass is 9.78. The molecule has 0 bridgehead atoms. The largest absolute Gasteiger partial charge is 0.497 e. The first-order chi connectivity index (χ1) is 8.80. The van der Waals surface area contributed by atoms with Crippen LogP contribution in [0.1, 0.15) is 27.7 Å². The SMILES string of the molecule is CC1(C)OB(c2cc(I)cc3cc[nH]c23)OC1(C)C. The predicted octanol–water partition coefficient (Wildman–Crippen LogP) is 3.07. The second-order valence-corrected chi connectivity index (χ2v) is 7.27. The third kappa shape index (κ3) is 2.12. The highest BCUT2D eigenvalue weighted by atomic mass is 127. The first-order valence-electron chi connectivity index (χ1n) is 6.42. The van der Waals surface area contributed by atoms with Crippen LogP contribution in [0.2, 0.25) is 0 Å². The minimum absolute atomic E-state index is 0.308. The summed E-state index contributed by atoms with van der Waals surface area (Å²) in [6.07, 6.45) is 1.95. The Morgan fingerprint density at radius 3 is 2.37 bits per heavy atom. The van der Waals surface area contributed by atoms with Crippen LogP contribution in [0.15, 0.2) is 24.4 Å². The molecule has 0 atom stereocenters. The normalized spacial score (nSPS) is 21.2. The van der Waals surface area contributed by atoms with E-state index in [1.807, 2.05) is 6.20 Å². The second kappa shape index (κ2) is 4.23. The van der Waals surface area contributed by atoms with Crippen molar-refractivity contribution in [1.82, 2.24) is 4.98 Å².